The molecule has 1 aromatic heterocycles. The van der Waals surface area contributed by atoms with Crippen LogP contribution in [0.15, 0.2) is 18.2 Å². The zero-order chi connectivity index (χ0) is 14.0. The van der Waals surface area contributed by atoms with Crippen LogP contribution in [-0.4, -0.2) is 29.4 Å². The number of methoxy groups -OCH3 is 1. The van der Waals surface area contributed by atoms with Crippen LogP contribution in [0.1, 0.15) is 16.1 Å². The Morgan fingerprint density at radius 1 is 1.42 bits per heavy atom. The molecule has 0 aliphatic carbocycles. The van der Waals surface area contributed by atoms with Gasteiger partial charge in [0.1, 0.15) is 12.5 Å². The highest BCUT2D eigenvalue weighted by atomic mass is 19.1. The van der Waals surface area contributed by atoms with Crippen molar-refractivity contribution in [3.8, 4) is 0 Å². The number of esters is 1. The average Bonchev–Trinajstić information content (AvgIpc) is 2.75. The Labute approximate surface area is 108 Å². The number of aromatic nitrogens is 1. The number of ether oxygens (including phenoxy) is 1. The van der Waals surface area contributed by atoms with E-state index in [0.29, 0.717) is 16.6 Å². The lowest BCUT2D eigenvalue weighted by molar-refractivity contribution is 0.0595. The van der Waals surface area contributed by atoms with Crippen molar-refractivity contribution in [1.82, 2.24) is 4.57 Å². The molecule has 0 bridgehead atoms. The van der Waals surface area contributed by atoms with Crippen LogP contribution < -0.4 is 0 Å². The molecule has 0 aliphatic rings. The summed E-state index contributed by atoms with van der Waals surface area (Å²) in [4.78, 5) is 11.4. The molecule has 0 saturated carbocycles. The first-order valence-corrected chi connectivity index (χ1v) is 5.69. The number of aryl methyl sites for hydroxylation is 1. The number of nitrogens with zero attached hydrogens (tertiary/aromatic N) is 1. The number of aliphatic hydroxyl groups is 1. The fraction of sp³-hybridized carbons (Fsp3) is 0.308. The number of hydrogen-bond donors (Lipinski definition) is 1. The van der Waals surface area contributed by atoms with Crippen LogP contribution in [0.25, 0.3) is 10.9 Å². The quantitative estimate of drug-likeness (QED) is 0.864. The van der Waals surface area contributed by atoms with Gasteiger partial charge in [-0.2, -0.15) is 0 Å². The highest BCUT2D eigenvalue weighted by molar-refractivity contribution is 5.95. The monoisotopic (exact) mass is 269 g/mol. The molecular formula is C13H13F2NO3. The number of carbonyl (C=O) groups is 1. The molecule has 1 heterocycles. The molecular weight excluding hydrogens is 256 g/mol. The maximum atomic E-state index is 13.8. The minimum absolute atomic E-state index is 0.0242. The lowest BCUT2D eigenvalue weighted by atomic mass is 10.1. The third kappa shape index (κ3) is 2.31. The number of halogens is 2. The third-order valence-corrected chi connectivity index (χ3v) is 2.95. The highest BCUT2D eigenvalue weighted by Gasteiger charge is 2.16. The predicted octanol–water partition coefficient (Wildman–Crippen LogP) is 2.03. The van der Waals surface area contributed by atoms with Gasteiger partial charge in [0.15, 0.2) is 0 Å². The van der Waals surface area contributed by atoms with E-state index in [4.69, 9.17) is 0 Å². The van der Waals surface area contributed by atoms with Crippen molar-refractivity contribution in [2.75, 3.05) is 13.8 Å². The van der Waals surface area contributed by atoms with Crippen molar-refractivity contribution >= 4 is 16.9 Å². The van der Waals surface area contributed by atoms with Crippen molar-refractivity contribution in [3.63, 3.8) is 0 Å². The highest BCUT2D eigenvalue weighted by Crippen LogP contribution is 2.24. The van der Waals surface area contributed by atoms with Crippen LogP contribution in [0, 0.1) is 5.82 Å². The van der Waals surface area contributed by atoms with Gasteiger partial charge in [-0.25, -0.2) is 13.6 Å². The maximum Gasteiger partial charge on any atom is 0.340 e. The van der Waals surface area contributed by atoms with E-state index in [2.05, 4.69) is 4.74 Å². The molecule has 2 rings (SSSR count). The molecule has 19 heavy (non-hydrogen) atoms. The number of aliphatic hydroxyl groups excluding tert-OH is 1. The van der Waals surface area contributed by atoms with Gasteiger partial charge in [-0.15, -0.1) is 0 Å². The molecule has 0 radical (unpaired) electrons. The standard InChI is InChI=1S/C13H13F2NO3/c1-19-13(18)10-5-8-4-9(7-17)16(3-2-14)12(8)6-11(10)15/h4-6,17H,2-3,7H2,1H3. The lowest BCUT2D eigenvalue weighted by Crippen LogP contribution is -2.06. The van der Waals surface area contributed by atoms with Crippen molar-refractivity contribution < 1.29 is 23.4 Å². The Bertz CT molecular complexity index is 622. The molecule has 4 nitrogen and oxygen atoms in total. The van der Waals surface area contributed by atoms with E-state index < -0.39 is 18.5 Å². The van der Waals surface area contributed by atoms with Crippen LogP contribution in [0.4, 0.5) is 8.78 Å². The molecule has 2 aromatic rings. The third-order valence-electron chi connectivity index (χ3n) is 2.95. The SMILES string of the molecule is COC(=O)c1cc2cc(CO)n(CCF)c2cc1F. The Hall–Kier alpha value is -1.95. The summed E-state index contributed by atoms with van der Waals surface area (Å²) in [7, 11) is 1.17. The molecule has 0 atom stereocenters. The number of alkyl halides is 1. The van der Waals surface area contributed by atoms with Gasteiger partial charge < -0.3 is 14.4 Å². The fourth-order valence-electron chi connectivity index (χ4n) is 2.09. The van der Waals surface area contributed by atoms with Gasteiger partial charge in [0.25, 0.3) is 0 Å². The van der Waals surface area contributed by atoms with Gasteiger partial charge in [0, 0.05) is 11.1 Å². The Balaban J connectivity index is 2.65. The van der Waals surface area contributed by atoms with Crippen LogP contribution in [0.3, 0.4) is 0 Å². The van der Waals surface area contributed by atoms with E-state index in [1.54, 1.807) is 6.07 Å². The van der Waals surface area contributed by atoms with Crippen LogP contribution in [0.5, 0.6) is 0 Å². The van der Waals surface area contributed by atoms with Crippen molar-refractivity contribution in [2.24, 2.45) is 0 Å². The molecule has 1 N–H and O–H groups in total. The minimum atomic E-state index is -0.775. The second-order valence-electron chi connectivity index (χ2n) is 4.02. The predicted molar refractivity (Wildman–Crippen MR) is 65.1 cm³/mol. The van der Waals surface area contributed by atoms with Gasteiger partial charge in [0.05, 0.1) is 31.3 Å². The number of rotatable bonds is 4. The van der Waals surface area contributed by atoms with Gasteiger partial charge >= 0.3 is 5.97 Å². The molecule has 0 amide bonds. The second-order valence-corrected chi connectivity index (χ2v) is 4.02. The number of fused-ring (bicyclic) bond motifs is 1. The molecule has 102 valence electrons. The number of hydrogen-bond acceptors (Lipinski definition) is 3. The van der Waals surface area contributed by atoms with Crippen LogP contribution >= 0.6 is 0 Å². The number of carbonyl (C=O) groups excluding carboxylic acids is 1. The molecule has 1 aromatic carbocycles. The summed E-state index contributed by atoms with van der Waals surface area (Å²) in [6.07, 6.45) is 0. The van der Waals surface area contributed by atoms with Gasteiger partial charge in [-0.05, 0) is 18.2 Å². The summed E-state index contributed by atoms with van der Waals surface area (Å²) in [6.45, 7) is -0.891. The fourth-order valence-corrected chi connectivity index (χ4v) is 2.09. The number of benzene rings is 1. The topological polar surface area (TPSA) is 51.5 Å². The molecule has 0 aliphatic heterocycles. The van der Waals surface area contributed by atoms with E-state index >= 15 is 0 Å². The van der Waals surface area contributed by atoms with Crippen molar-refractivity contribution in [2.45, 2.75) is 13.2 Å². The first kappa shape index (κ1) is 13.5. The molecule has 0 saturated heterocycles. The van der Waals surface area contributed by atoms with Gasteiger partial charge in [-0.3, -0.25) is 0 Å². The van der Waals surface area contributed by atoms with E-state index in [1.165, 1.54) is 17.7 Å². The molecule has 0 spiro atoms. The summed E-state index contributed by atoms with van der Waals surface area (Å²) >= 11 is 0. The molecule has 0 unspecified atom stereocenters. The van der Waals surface area contributed by atoms with E-state index in [0.717, 1.165) is 6.07 Å². The lowest BCUT2D eigenvalue weighted by Gasteiger charge is -2.07. The molecule has 0 fully saturated rings. The zero-order valence-electron chi connectivity index (χ0n) is 10.3. The molecule has 6 heteroatoms. The summed E-state index contributed by atoms with van der Waals surface area (Å²) in [6, 6.07) is 4.08. The summed E-state index contributed by atoms with van der Waals surface area (Å²) < 4.78 is 32.3. The van der Waals surface area contributed by atoms with E-state index in [9.17, 15) is 18.7 Å². The smallest absolute Gasteiger partial charge is 0.340 e. The minimum Gasteiger partial charge on any atom is -0.465 e. The van der Waals surface area contributed by atoms with Crippen molar-refractivity contribution in [3.05, 3.63) is 35.3 Å². The Morgan fingerprint density at radius 3 is 2.74 bits per heavy atom. The Morgan fingerprint density at radius 2 is 2.16 bits per heavy atom. The second kappa shape index (κ2) is 5.36. The summed E-state index contributed by atoms with van der Waals surface area (Å²) in [5.74, 6) is -1.51. The maximum absolute atomic E-state index is 13.8. The summed E-state index contributed by atoms with van der Waals surface area (Å²) in [5, 5.41) is 9.77. The van der Waals surface area contributed by atoms with E-state index in [-0.39, 0.29) is 18.7 Å². The average molecular weight is 269 g/mol. The van der Waals surface area contributed by atoms with E-state index in [1.807, 2.05) is 0 Å². The zero-order valence-corrected chi connectivity index (χ0v) is 10.3. The first-order chi connectivity index (χ1) is 9.12. The normalized spacial score (nSPS) is 10.9. The summed E-state index contributed by atoms with van der Waals surface area (Å²) in [5.41, 5.74) is 0.720. The van der Waals surface area contributed by atoms with Crippen molar-refractivity contribution in [1.29, 1.82) is 0 Å². The van der Waals surface area contributed by atoms with Gasteiger partial charge in [0.2, 0.25) is 0 Å². The van der Waals surface area contributed by atoms with Crippen LogP contribution in [-0.2, 0) is 17.9 Å². The van der Waals surface area contributed by atoms with Gasteiger partial charge in [-0.1, -0.05) is 0 Å². The largest absolute Gasteiger partial charge is 0.465 e. The first-order valence-electron chi connectivity index (χ1n) is 5.69. The van der Waals surface area contributed by atoms with Crippen LogP contribution in [0.2, 0.25) is 0 Å². The Kier molecular flexibility index (Phi) is 3.80.